The average Bonchev–Trinajstić information content (AvgIpc) is 3.56. The number of carbonyl (C=O) groups excluding carboxylic acids is 1. The van der Waals surface area contributed by atoms with Crippen molar-refractivity contribution in [3.05, 3.63) is 37.3 Å². The summed E-state index contributed by atoms with van der Waals surface area (Å²) >= 11 is 0. The largest absolute Gasteiger partial charge is 0.469 e. The van der Waals surface area contributed by atoms with Gasteiger partial charge in [-0.15, -0.1) is 0 Å². The van der Waals surface area contributed by atoms with Crippen LogP contribution >= 0.6 is 0 Å². The molecule has 168 valence electrons. The lowest BCUT2D eigenvalue weighted by Gasteiger charge is -2.34. The van der Waals surface area contributed by atoms with Crippen molar-refractivity contribution in [2.24, 2.45) is 0 Å². The van der Waals surface area contributed by atoms with E-state index in [1.807, 2.05) is 10.9 Å². The molecule has 2 aliphatic rings. The Morgan fingerprint density at radius 2 is 2.31 bits per heavy atom. The minimum Gasteiger partial charge on any atom is -0.469 e. The van der Waals surface area contributed by atoms with E-state index in [1.54, 1.807) is 18.5 Å². The first-order chi connectivity index (χ1) is 15.6. The highest BCUT2D eigenvalue weighted by molar-refractivity contribution is 5.87. The van der Waals surface area contributed by atoms with Crippen LogP contribution in [0.15, 0.2) is 37.3 Å². The van der Waals surface area contributed by atoms with Crippen LogP contribution in [0.2, 0.25) is 0 Å². The molecule has 3 aromatic heterocycles. The van der Waals surface area contributed by atoms with E-state index >= 15 is 0 Å². The van der Waals surface area contributed by atoms with Gasteiger partial charge in [0, 0.05) is 25.5 Å². The summed E-state index contributed by atoms with van der Waals surface area (Å²) < 4.78 is 27.9. The Balaban J connectivity index is 1.37. The Bertz CT molecular complexity index is 1120. The van der Waals surface area contributed by atoms with Gasteiger partial charge in [0.1, 0.15) is 17.9 Å². The molecule has 1 unspecified atom stereocenters. The molecular weight excluding hydrogens is 417 g/mol. The first kappa shape index (κ1) is 20.4. The molecule has 0 spiro atoms. The first-order valence-electron chi connectivity index (χ1n) is 10.6. The Morgan fingerprint density at radius 3 is 3.12 bits per heavy atom. The Kier molecular flexibility index (Phi) is 5.48. The van der Waals surface area contributed by atoms with Crippen LogP contribution in [-0.2, 0) is 9.53 Å². The second-order valence-corrected chi connectivity index (χ2v) is 7.89. The highest BCUT2D eigenvalue weighted by Crippen LogP contribution is 2.28. The second kappa shape index (κ2) is 8.58. The lowest BCUT2D eigenvalue weighted by atomic mass is 10.1. The van der Waals surface area contributed by atoms with E-state index in [1.165, 1.54) is 11.0 Å². The fourth-order valence-electron chi connectivity index (χ4n) is 3.99. The van der Waals surface area contributed by atoms with Crippen LogP contribution in [0.3, 0.4) is 0 Å². The van der Waals surface area contributed by atoms with E-state index in [-0.39, 0.29) is 30.8 Å². The van der Waals surface area contributed by atoms with Crippen molar-refractivity contribution in [3.8, 4) is 5.88 Å². The van der Waals surface area contributed by atoms with Crippen molar-refractivity contribution in [3.63, 3.8) is 0 Å². The van der Waals surface area contributed by atoms with Crippen LogP contribution in [0.1, 0.15) is 18.9 Å². The number of halogens is 1. The molecule has 0 saturated carbocycles. The maximum Gasteiger partial charge on any atom is 0.246 e. The molecule has 0 aliphatic carbocycles. The van der Waals surface area contributed by atoms with Gasteiger partial charge in [0.15, 0.2) is 0 Å². The van der Waals surface area contributed by atoms with Gasteiger partial charge in [0.05, 0.1) is 36.5 Å². The Labute approximate surface area is 183 Å². The number of fused-ring (bicyclic) bond motifs is 1. The number of hydrogen-bond donors (Lipinski definition) is 2. The van der Waals surface area contributed by atoms with Gasteiger partial charge in [-0.3, -0.25) is 9.48 Å². The standard InChI is InChI=1S/C21H24FN7O3/c1-2-18(30)28-7-4-16(22)17(11-28)32-20-15-3-6-23-19(15)26-21(27-20)25-13-9-24-29(10-13)14-5-8-31-12-14/h2-3,6,9-10,14,16-17H,1,4-5,7-8,11-12H2,(H2,23,25,26,27)/t14?,16-,17+/m1/s1. The zero-order valence-corrected chi connectivity index (χ0v) is 17.4. The second-order valence-electron chi connectivity index (χ2n) is 7.89. The Hall–Kier alpha value is -3.47. The molecule has 10 nitrogen and oxygen atoms in total. The number of aromatic nitrogens is 5. The molecule has 2 fully saturated rings. The Morgan fingerprint density at radius 1 is 1.41 bits per heavy atom. The summed E-state index contributed by atoms with van der Waals surface area (Å²) in [6.07, 6.45) is 5.58. The van der Waals surface area contributed by atoms with Gasteiger partial charge in [-0.05, 0) is 25.0 Å². The van der Waals surface area contributed by atoms with Crippen LogP contribution in [-0.4, -0.2) is 74.1 Å². The maximum absolute atomic E-state index is 14.6. The predicted octanol–water partition coefficient (Wildman–Crippen LogP) is 2.36. The topological polar surface area (TPSA) is 110 Å². The number of nitrogens with zero attached hydrogens (tertiary/aromatic N) is 5. The van der Waals surface area contributed by atoms with Gasteiger partial charge in [0.25, 0.3) is 0 Å². The molecule has 2 saturated heterocycles. The lowest BCUT2D eigenvalue weighted by molar-refractivity contribution is -0.130. The normalized spacial score (nSPS) is 23.4. The quantitative estimate of drug-likeness (QED) is 0.565. The number of alkyl halides is 1. The molecule has 5 heterocycles. The minimum atomic E-state index is -1.21. The number of hydrogen-bond acceptors (Lipinski definition) is 7. The fourth-order valence-corrected chi connectivity index (χ4v) is 3.99. The van der Waals surface area contributed by atoms with E-state index in [0.29, 0.717) is 30.1 Å². The maximum atomic E-state index is 14.6. The lowest BCUT2D eigenvalue weighted by Crippen LogP contribution is -2.49. The number of likely N-dealkylation sites (tertiary alicyclic amines) is 1. The molecule has 0 aromatic carbocycles. The van der Waals surface area contributed by atoms with Crippen molar-refractivity contribution in [1.29, 1.82) is 0 Å². The van der Waals surface area contributed by atoms with Gasteiger partial charge < -0.3 is 24.7 Å². The third-order valence-electron chi connectivity index (χ3n) is 5.75. The summed E-state index contributed by atoms with van der Waals surface area (Å²) in [4.78, 5) is 25.5. The van der Waals surface area contributed by atoms with E-state index < -0.39 is 12.3 Å². The molecule has 3 aromatic rings. The summed E-state index contributed by atoms with van der Waals surface area (Å²) in [7, 11) is 0. The molecule has 0 radical (unpaired) electrons. The highest BCUT2D eigenvalue weighted by Gasteiger charge is 2.33. The van der Waals surface area contributed by atoms with Gasteiger partial charge >= 0.3 is 0 Å². The van der Waals surface area contributed by atoms with E-state index in [9.17, 15) is 9.18 Å². The number of H-pyrrole nitrogens is 1. The number of aromatic amines is 1. The zero-order chi connectivity index (χ0) is 22.1. The molecule has 1 amide bonds. The number of anilines is 2. The smallest absolute Gasteiger partial charge is 0.246 e. The predicted molar refractivity (Wildman–Crippen MR) is 115 cm³/mol. The molecule has 32 heavy (non-hydrogen) atoms. The number of carbonyl (C=O) groups is 1. The molecular formula is C21H24FN7O3. The molecule has 2 N–H and O–H groups in total. The van der Waals surface area contributed by atoms with Crippen molar-refractivity contribution in [2.45, 2.75) is 31.2 Å². The van der Waals surface area contributed by atoms with E-state index in [2.05, 4.69) is 31.9 Å². The van der Waals surface area contributed by atoms with Crippen molar-refractivity contribution < 1.29 is 18.7 Å². The summed E-state index contributed by atoms with van der Waals surface area (Å²) in [6.45, 7) is 5.33. The number of ether oxygens (including phenoxy) is 2. The van der Waals surface area contributed by atoms with Crippen molar-refractivity contribution in [2.75, 3.05) is 31.6 Å². The van der Waals surface area contributed by atoms with E-state index in [4.69, 9.17) is 9.47 Å². The molecule has 0 bridgehead atoms. The van der Waals surface area contributed by atoms with Crippen LogP contribution in [0.25, 0.3) is 11.0 Å². The zero-order valence-electron chi connectivity index (χ0n) is 17.4. The molecule has 5 rings (SSSR count). The van der Waals surface area contributed by atoms with Crippen molar-refractivity contribution >= 4 is 28.6 Å². The van der Waals surface area contributed by atoms with Gasteiger partial charge in [-0.2, -0.15) is 15.1 Å². The molecule has 11 heteroatoms. The monoisotopic (exact) mass is 441 g/mol. The highest BCUT2D eigenvalue weighted by atomic mass is 19.1. The SMILES string of the molecule is C=CC(=O)N1CC[C@@H](F)[C@@H](Oc2nc(Nc3cnn(C4CCOC4)c3)nc3[nH]ccc23)C1. The third kappa shape index (κ3) is 4.03. The van der Waals surface area contributed by atoms with Crippen LogP contribution in [0.4, 0.5) is 16.0 Å². The van der Waals surface area contributed by atoms with Gasteiger partial charge in [0.2, 0.25) is 17.7 Å². The number of nitrogens with one attached hydrogen (secondary N) is 2. The van der Waals surface area contributed by atoms with E-state index in [0.717, 1.165) is 18.7 Å². The average molecular weight is 441 g/mol. The van der Waals surface area contributed by atoms with Crippen molar-refractivity contribution in [1.82, 2.24) is 29.6 Å². The minimum absolute atomic E-state index is 0.126. The number of rotatable bonds is 6. The fraction of sp³-hybridized carbons (Fsp3) is 0.429. The van der Waals surface area contributed by atoms with Crippen LogP contribution < -0.4 is 10.1 Å². The molecule has 3 atom stereocenters. The van der Waals surface area contributed by atoms with Gasteiger partial charge in [-0.25, -0.2) is 4.39 Å². The van der Waals surface area contributed by atoms with Crippen LogP contribution in [0.5, 0.6) is 5.88 Å². The summed E-state index contributed by atoms with van der Waals surface area (Å²) in [5, 5.41) is 8.16. The summed E-state index contributed by atoms with van der Waals surface area (Å²) in [6, 6.07) is 1.99. The summed E-state index contributed by atoms with van der Waals surface area (Å²) in [5.74, 6) is 0.297. The number of amides is 1. The summed E-state index contributed by atoms with van der Waals surface area (Å²) in [5.41, 5.74) is 1.27. The number of piperidine rings is 1. The van der Waals surface area contributed by atoms with Crippen LogP contribution in [0, 0.1) is 0 Å². The molecule has 2 aliphatic heterocycles. The third-order valence-corrected chi connectivity index (χ3v) is 5.75. The van der Waals surface area contributed by atoms with Gasteiger partial charge in [-0.1, -0.05) is 6.58 Å². The first-order valence-corrected chi connectivity index (χ1v) is 10.6.